The number of hydrogen-bond donors (Lipinski definition) is 0. The first kappa shape index (κ1) is 37.2. The number of carbonyl (C=O) groups is 2. The van der Waals surface area contributed by atoms with E-state index in [0.717, 1.165) is 63.0 Å². The highest BCUT2D eigenvalue weighted by Gasteiger charge is 2.42. The highest BCUT2D eigenvalue weighted by atomic mass is 32.2. The third-order valence-corrected chi connectivity index (χ3v) is 10.4. The number of carbonyl (C=O) groups excluding carboxylic acids is 2. The van der Waals surface area contributed by atoms with Crippen LogP contribution < -0.4 is 0 Å². The van der Waals surface area contributed by atoms with Crippen LogP contribution in [0.3, 0.4) is 0 Å². The molecular formula is C45H42N6O3S. The molecule has 0 saturated heterocycles. The molecule has 276 valence electrons. The van der Waals surface area contributed by atoms with Gasteiger partial charge in [0.1, 0.15) is 11.4 Å². The smallest absolute Gasteiger partial charge is 0.356 e. The topological polar surface area (TPSA) is 105 Å². The predicted octanol–water partition coefficient (Wildman–Crippen LogP) is 9.00. The van der Waals surface area contributed by atoms with Crippen LogP contribution in [-0.2, 0) is 33.8 Å². The molecule has 5 aromatic carbocycles. The Balaban J connectivity index is 1.31. The summed E-state index contributed by atoms with van der Waals surface area (Å²) in [5, 5.41) is 13.8. The minimum atomic E-state index is -0.890. The van der Waals surface area contributed by atoms with E-state index >= 15 is 0 Å². The lowest BCUT2D eigenvalue weighted by molar-refractivity contribution is -0.109. The summed E-state index contributed by atoms with van der Waals surface area (Å²) in [5.74, 6) is 1.29. The summed E-state index contributed by atoms with van der Waals surface area (Å²) in [6, 6.07) is 47.6. The predicted molar refractivity (Wildman–Crippen MR) is 217 cm³/mol. The highest BCUT2D eigenvalue weighted by Crippen LogP contribution is 2.43. The van der Waals surface area contributed by atoms with Gasteiger partial charge >= 0.3 is 5.97 Å². The summed E-state index contributed by atoms with van der Waals surface area (Å²) in [6.45, 7) is 6.06. The van der Waals surface area contributed by atoms with Gasteiger partial charge in [-0.2, -0.15) is 0 Å². The van der Waals surface area contributed by atoms with E-state index in [4.69, 9.17) is 20.0 Å². The molecule has 7 aromatic rings. The molecule has 9 nitrogen and oxygen atoms in total. The maximum Gasteiger partial charge on any atom is 0.356 e. The second kappa shape index (κ2) is 16.9. The van der Waals surface area contributed by atoms with Crippen LogP contribution in [0.1, 0.15) is 71.5 Å². The molecule has 0 atom stereocenters. The molecule has 55 heavy (non-hydrogen) atoms. The number of rotatable bonds is 14. The zero-order valence-electron chi connectivity index (χ0n) is 31.1. The van der Waals surface area contributed by atoms with Crippen molar-refractivity contribution in [3.8, 4) is 22.5 Å². The second-order valence-corrected chi connectivity index (χ2v) is 14.3. The van der Waals surface area contributed by atoms with Crippen LogP contribution in [0.5, 0.6) is 0 Å². The van der Waals surface area contributed by atoms with Gasteiger partial charge in [-0.25, -0.2) is 14.5 Å². The molecule has 0 unspecified atom stereocenters. The lowest BCUT2D eigenvalue weighted by Crippen LogP contribution is -2.39. The molecule has 0 aliphatic rings. The molecule has 0 radical (unpaired) electrons. The molecule has 0 amide bonds. The Morgan fingerprint density at radius 3 is 1.84 bits per heavy atom. The number of thioether (sulfide) groups is 1. The molecule has 0 N–H and O–H groups in total. The number of hydrogen-bond acceptors (Lipinski definition) is 8. The van der Waals surface area contributed by atoms with Crippen LogP contribution in [-0.4, -0.2) is 47.4 Å². The van der Waals surface area contributed by atoms with Crippen molar-refractivity contribution in [2.24, 2.45) is 0 Å². The fraction of sp³-hybridized carbons (Fsp3) is 0.200. The number of aryl methyl sites for hydroxylation is 1. The maximum atomic E-state index is 13.3. The van der Waals surface area contributed by atoms with Gasteiger partial charge in [0.05, 0.1) is 12.3 Å². The zero-order valence-corrected chi connectivity index (χ0v) is 31.9. The molecule has 10 heteroatoms. The van der Waals surface area contributed by atoms with Crippen molar-refractivity contribution in [3.63, 3.8) is 0 Å². The normalized spacial score (nSPS) is 11.4. The van der Waals surface area contributed by atoms with Gasteiger partial charge in [0.25, 0.3) is 0 Å². The quantitative estimate of drug-likeness (QED) is 0.0803. The average molecular weight is 747 g/mol. The van der Waals surface area contributed by atoms with Crippen molar-refractivity contribution >= 4 is 22.8 Å². The summed E-state index contributed by atoms with van der Waals surface area (Å²) in [7, 11) is 0. The largest absolute Gasteiger partial charge is 0.461 e. The molecule has 0 aliphatic carbocycles. The fourth-order valence-corrected chi connectivity index (χ4v) is 7.77. The number of ether oxygens (including phenoxy) is 1. The zero-order chi connectivity index (χ0) is 38.2. The van der Waals surface area contributed by atoms with E-state index in [1.165, 1.54) is 6.92 Å². The van der Waals surface area contributed by atoms with Gasteiger partial charge in [-0.15, -0.1) is 5.10 Å². The van der Waals surface area contributed by atoms with E-state index in [0.29, 0.717) is 35.9 Å². The molecule has 0 bridgehead atoms. The number of aromatic nitrogens is 6. The number of benzene rings is 5. The monoisotopic (exact) mass is 746 g/mol. The Morgan fingerprint density at radius 1 is 0.727 bits per heavy atom. The van der Waals surface area contributed by atoms with Gasteiger partial charge in [-0.05, 0) is 57.2 Å². The average Bonchev–Trinajstić information content (AvgIpc) is 3.84. The van der Waals surface area contributed by atoms with E-state index in [1.54, 1.807) is 6.92 Å². The minimum Gasteiger partial charge on any atom is -0.461 e. The molecule has 2 heterocycles. The number of esters is 1. The summed E-state index contributed by atoms with van der Waals surface area (Å²) < 4.78 is 9.38. The maximum absolute atomic E-state index is 13.3. The Morgan fingerprint density at radius 2 is 1.29 bits per heavy atom. The van der Waals surface area contributed by atoms with Crippen molar-refractivity contribution in [1.29, 1.82) is 0 Å². The van der Waals surface area contributed by atoms with E-state index in [9.17, 15) is 9.59 Å². The molecule has 0 saturated carbocycles. The summed E-state index contributed by atoms with van der Waals surface area (Å²) >= 11 is 1.14. The van der Waals surface area contributed by atoms with Crippen molar-refractivity contribution in [2.75, 3.05) is 6.61 Å². The van der Waals surface area contributed by atoms with Crippen LogP contribution in [0, 0.1) is 0 Å². The van der Waals surface area contributed by atoms with Crippen LogP contribution in [0.2, 0.25) is 0 Å². The third-order valence-electron chi connectivity index (χ3n) is 9.61. The van der Waals surface area contributed by atoms with E-state index in [-0.39, 0.29) is 11.7 Å². The first-order chi connectivity index (χ1) is 26.9. The van der Waals surface area contributed by atoms with Gasteiger partial charge in [0, 0.05) is 31.2 Å². The van der Waals surface area contributed by atoms with Crippen LogP contribution >= 0.6 is 11.8 Å². The molecule has 2 aromatic heterocycles. The summed E-state index contributed by atoms with van der Waals surface area (Å²) in [6.07, 6.45) is 1.54. The van der Waals surface area contributed by atoms with Crippen molar-refractivity contribution in [3.05, 3.63) is 179 Å². The Hall–Kier alpha value is -6.13. The summed E-state index contributed by atoms with van der Waals surface area (Å²) in [4.78, 5) is 30.0. The molecule has 0 spiro atoms. The van der Waals surface area contributed by atoms with Crippen LogP contribution in [0.4, 0.5) is 0 Å². The number of nitrogens with zero attached hydrogens (tertiary/aromatic N) is 6. The van der Waals surface area contributed by atoms with Crippen molar-refractivity contribution in [2.45, 2.75) is 51.4 Å². The van der Waals surface area contributed by atoms with Crippen LogP contribution in [0.15, 0.2) is 140 Å². The second-order valence-electron chi connectivity index (χ2n) is 13.1. The number of tetrazole rings is 1. The van der Waals surface area contributed by atoms with E-state index in [1.807, 2.05) is 76.0 Å². The lowest BCUT2D eigenvalue weighted by Gasteiger charge is -2.36. The standard InChI is InChI=1S/C45H42N6O3S/c1-4-17-41-46-40(31-55-32(3)52)42(44(53)54-5-2)50(41)30-33-26-28-34(29-27-33)38-24-15-16-25-39(38)43-47-48-49-51(43)45(35-18-9-6-10-19-35,36-20-11-7-12-21-36)37-22-13-8-14-23-37/h6-16,18-29H,4-5,17,30-31H2,1-3H3. The molecule has 7 rings (SSSR count). The Bertz CT molecular complexity index is 2280. The van der Waals surface area contributed by atoms with Gasteiger partial charge in [-0.1, -0.05) is 158 Å². The molecular weight excluding hydrogens is 705 g/mol. The first-order valence-corrected chi connectivity index (χ1v) is 19.5. The van der Waals surface area contributed by atoms with Gasteiger partial charge < -0.3 is 9.30 Å². The summed E-state index contributed by atoms with van der Waals surface area (Å²) in [5.41, 5.74) is 6.99. The third kappa shape index (κ3) is 7.50. The molecule has 0 fully saturated rings. The van der Waals surface area contributed by atoms with Gasteiger partial charge in [0.15, 0.2) is 16.6 Å². The van der Waals surface area contributed by atoms with Crippen molar-refractivity contribution in [1.82, 2.24) is 29.8 Å². The SMILES string of the molecule is CCCc1nc(CSC(C)=O)c(C(=O)OCC)n1Cc1ccc(-c2ccccc2-c2nnnn2C(c2ccccc2)(c2ccccc2)c2ccccc2)cc1. The number of imidazole rings is 1. The first-order valence-electron chi connectivity index (χ1n) is 18.5. The lowest BCUT2D eigenvalue weighted by atomic mass is 9.77. The van der Waals surface area contributed by atoms with Crippen molar-refractivity contribution < 1.29 is 14.3 Å². The van der Waals surface area contributed by atoms with E-state index in [2.05, 4.69) is 84.9 Å². The highest BCUT2D eigenvalue weighted by molar-refractivity contribution is 8.12. The Labute approximate surface area is 325 Å². The Kier molecular flexibility index (Phi) is 11.4. The molecule has 0 aliphatic heterocycles. The van der Waals surface area contributed by atoms with E-state index < -0.39 is 11.5 Å². The fourth-order valence-electron chi connectivity index (χ4n) is 7.22. The van der Waals surface area contributed by atoms with Gasteiger partial charge in [-0.3, -0.25) is 4.79 Å². The minimum absolute atomic E-state index is 0.0304. The van der Waals surface area contributed by atoms with Crippen LogP contribution in [0.25, 0.3) is 22.5 Å². The van der Waals surface area contributed by atoms with Gasteiger partial charge in [0.2, 0.25) is 0 Å².